The largest absolute Gasteiger partial charge is 0.369 e. The smallest absolute Gasteiger partial charge is 0.126 e. The highest BCUT2D eigenvalue weighted by molar-refractivity contribution is 9.10. The molecule has 1 heterocycles. The lowest BCUT2D eigenvalue weighted by Crippen LogP contribution is -2.36. The minimum Gasteiger partial charge on any atom is -0.369 e. The van der Waals surface area contributed by atoms with Gasteiger partial charge in [-0.15, -0.1) is 0 Å². The number of hydrogen-bond donors (Lipinski definition) is 2. The number of nitrogens with two attached hydrogens (primary N) is 1. The maximum absolute atomic E-state index is 6.12. The summed E-state index contributed by atoms with van der Waals surface area (Å²) in [6.07, 6.45) is 4.05. The van der Waals surface area contributed by atoms with Gasteiger partial charge in [0.05, 0.1) is 0 Å². The summed E-state index contributed by atoms with van der Waals surface area (Å²) < 4.78 is 0.988. The molecule has 0 saturated heterocycles. The number of aromatic nitrogens is 1. The summed E-state index contributed by atoms with van der Waals surface area (Å²) in [5.74, 6) is 1.47. The Hall–Kier alpha value is -0.610. The molecule has 16 heavy (non-hydrogen) atoms. The van der Waals surface area contributed by atoms with Gasteiger partial charge in [-0.3, -0.25) is 0 Å². The van der Waals surface area contributed by atoms with Crippen molar-refractivity contribution in [3.05, 3.63) is 22.8 Å². The second-order valence-electron chi connectivity index (χ2n) is 3.98. The third-order valence-corrected chi connectivity index (χ3v) is 3.37. The molecule has 0 aromatic carbocycles. The van der Waals surface area contributed by atoms with Crippen LogP contribution in [-0.4, -0.2) is 17.6 Å². The van der Waals surface area contributed by atoms with Crippen molar-refractivity contribution in [1.29, 1.82) is 0 Å². The molecule has 0 aliphatic rings. The van der Waals surface area contributed by atoms with Gasteiger partial charge in [0.15, 0.2) is 0 Å². The molecule has 1 unspecified atom stereocenters. The summed E-state index contributed by atoms with van der Waals surface area (Å²) in [5.41, 5.74) is 6.12. The van der Waals surface area contributed by atoms with Crippen LogP contribution in [0.15, 0.2) is 22.8 Å². The minimum atomic E-state index is 0.195. The van der Waals surface area contributed by atoms with E-state index >= 15 is 0 Å². The van der Waals surface area contributed by atoms with Crippen molar-refractivity contribution in [2.24, 2.45) is 11.7 Å². The summed E-state index contributed by atoms with van der Waals surface area (Å²) in [5, 5.41) is 3.26. The maximum atomic E-state index is 6.12. The van der Waals surface area contributed by atoms with Crippen LogP contribution in [0.5, 0.6) is 0 Å². The average Bonchev–Trinajstić information content (AvgIpc) is 2.30. The quantitative estimate of drug-likeness (QED) is 0.845. The van der Waals surface area contributed by atoms with Crippen molar-refractivity contribution in [2.45, 2.75) is 32.7 Å². The zero-order chi connectivity index (χ0) is 12.0. The van der Waals surface area contributed by atoms with Gasteiger partial charge in [0.25, 0.3) is 0 Å². The molecule has 0 fully saturated rings. The maximum Gasteiger partial charge on any atom is 0.126 e. The van der Waals surface area contributed by atoms with Crippen molar-refractivity contribution in [2.75, 3.05) is 11.9 Å². The second-order valence-corrected chi connectivity index (χ2v) is 4.90. The summed E-state index contributed by atoms with van der Waals surface area (Å²) in [6.45, 7) is 5.15. The zero-order valence-electron chi connectivity index (χ0n) is 9.91. The predicted molar refractivity (Wildman–Crippen MR) is 72.5 cm³/mol. The molecule has 0 saturated carbocycles. The SMILES string of the molecule is CCC(CC)C(N)CNc1ccc(Br)cn1. The molecule has 0 amide bonds. The monoisotopic (exact) mass is 285 g/mol. The molecule has 0 radical (unpaired) electrons. The molecule has 3 nitrogen and oxygen atoms in total. The van der Waals surface area contributed by atoms with Crippen LogP contribution in [0, 0.1) is 5.92 Å². The first-order valence-corrected chi connectivity index (χ1v) is 6.57. The Kier molecular flexibility index (Phi) is 5.77. The van der Waals surface area contributed by atoms with Crippen LogP contribution in [0.25, 0.3) is 0 Å². The standard InChI is InChI=1S/C12H20BrN3/c1-3-9(4-2)11(14)8-16-12-6-5-10(13)7-15-12/h5-7,9,11H,3-4,8,14H2,1-2H3,(H,15,16). The van der Waals surface area contributed by atoms with Crippen molar-refractivity contribution >= 4 is 21.7 Å². The van der Waals surface area contributed by atoms with Crippen LogP contribution in [0.1, 0.15) is 26.7 Å². The van der Waals surface area contributed by atoms with Crippen molar-refractivity contribution in [1.82, 2.24) is 4.98 Å². The van der Waals surface area contributed by atoms with Crippen molar-refractivity contribution in [3.63, 3.8) is 0 Å². The van der Waals surface area contributed by atoms with Gasteiger partial charge >= 0.3 is 0 Å². The number of halogens is 1. The minimum absolute atomic E-state index is 0.195. The Morgan fingerprint density at radius 2 is 2.06 bits per heavy atom. The van der Waals surface area contributed by atoms with Gasteiger partial charge < -0.3 is 11.1 Å². The highest BCUT2D eigenvalue weighted by atomic mass is 79.9. The fourth-order valence-electron chi connectivity index (χ4n) is 1.76. The first kappa shape index (κ1) is 13.5. The topological polar surface area (TPSA) is 50.9 Å². The Bertz CT molecular complexity index is 296. The average molecular weight is 286 g/mol. The Morgan fingerprint density at radius 3 is 2.56 bits per heavy atom. The molecule has 0 bridgehead atoms. The summed E-state index contributed by atoms with van der Waals surface area (Å²) in [7, 11) is 0. The fourth-order valence-corrected chi connectivity index (χ4v) is 2.00. The highest BCUT2D eigenvalue weighted by Crippen LogP contribution is 2.13. The lowest BCUT2D eigenvalue weighted by Gasteiger charge is -2.21. The van der Waals surface area contributed by atoms with E-state index < -0.39 is 0 Å². The zero-order valence-corrected chi connectivity index (χ0v) is 11.5. The van der Waals surface area contributed by atoms with Gasteiger partial charge in [0.2, 0.25) is 0 Å². The van der Waals surface area contributed by atoms with Crippen molar-refractivity contribution in [3.8, 4) is 0 Å². The van der Waals surface area contributed by atoms with Gasteiger partial charge in [-0.25, -0.2) is 4.98 Å². The van der Waals surface area contributed by atoms with E-state index in [1.54, 1.807) is 6.20 Å². The molecule has 0 aliphatic carbocycles. The van der Waals surface area contributed by atoms with E-state index in [1.807, 2.05) is 12.1 Å². The highest BCUT2D eigenvalue weighted by Gasteiger charge is 2.13. The van der Waals surface area contributed by atoms with Crippen molar-refractivity contribution < 1.29 is 0 Å². The first-order chi connectivity index (χ1) is 7.67. The second kappa shape index (κ2) is 6.86. The van der Waals surface area contributed by atoms with E-state index in [4.69, 9.17) is 5.73 Å². The molecule has 4 heteroatoms. The van der Waals surface area contributed by atoms with E-state index in [2.05, 4.69) is 40.1 Å². The van der Waals surface area contributed by atoms with E-state index in [0.717, 1.165) is 29.7 Å². The van der Waals surface area contributed by atoms with Crippen LogP contribution >= 0.6 is 15.9 Å². The summed E-state index contributed by atoms with van der Waals surface area (Å²) >= 11 is 3.36. The molecular weight excluding hydrogens is 266 g/mol. The van der Waals surface area contributed by atoms with E-state index in [1.165, 1.54) is 0 Å². The molecule has 1 rings (SSSR count). The van der Waals surface area contributed by atoms with Crippen LogP contribution < -0.4 is 11.1 Å². The fraction of sp³-hybridized carbons (Fsp3) is 0.583. The molecule has 90 valence electrons. The summed E-state index contributed by atoms with van der Waals surface area (Å²) in [6, 6.07) is 4.11. The Labute approximate surface area is 106 Å². The van der Waals surface area contributed by atoms with Crippen LogP contribution in [-0.2, 0) is 0 Å². The Balaban J connectivity index is 2.42. The predicted octanol–water partition coefficient (Wildman–Crippen LogP) is 3.02. The molecule has 1 aromatic heterocycles. The number of nitrogens with one attached hydrogen (secondary N) is 1. The number of hydrogen-bond acceptors (Lipinski definition) is 3. The van der Waals surface area contributed by atoms with Gasteiger partial charge in [-0.05, 0) is 34.0 Å². The molecule has 0 aliphatic heterocycles. The number of pyridine rings is 1. The molecule has 1 aromatic rings. The lowest BCUT2D eigenvalue weighted by atomic mass is 9.95. The molecule has 1 atom stereocenters. The number of rotatable bonds is 6. The number of anilines is 1. The van der Waals surface area contributed by atoms with Crippen LogP contribution in [0.2, 0.25) is 0 Å². The van der Waals surface area contributed by atoms with E-state index in [-0.39, 0.29) is 6.04 Å². The lowest BCUT2D eigenvalue weighted by molar-refractivity contribution is 0.407. The molecule has 0 spiro atoms. The van der Waals surface area contributed by atoms with E-state index in [9.17, 15) is 0 Å². The van der Waals surface area contributed by atoms with Gasteiger partial charge in [-0.2, -0.15) is 0 Å². The summed E-state index contributed by atoms with van der Waals surface area (Å²) in [4.78, 5) is 4.25. The molecular formula is C12H20BrN3. The molecule has 3 N–H and O–H groups in total. The van der Waals surface area contributed by atoms with E-state index in [0.29, 0.717) is 5.92 Å². The third-order valence-electron chi connectivity index (χ3n) is 2.90. The number of nitrogens with zero attached hydrogens (tertiary/aromatic N) is 1. The van der Waals surface area contributed by atoms with Gasteiger partial charge in [0.1, 0.15) is 5.82 Å². The van der Waals surface area contributed by atoms with Crippen LogP contribution in [0.4, 0.5) is 5.82 Å². The van der Waals surface area contributed by atoms with Crippen LogP contribution in [0.3, 0.4) is 0 Å². The normalized spacial score (nSPS) is 12.8. The first-order valence-electron chi connectivity index (χ1n) is 5.78. The van der Waals surface area contributed by atoms with Gasteiger partial charge in [0, 0.05) is 23.3 Å². The van der Waals surface area contributed by atoms with Gasteiger partial charge in [-0.1, -0.05) is 26.7 Å². The Morgan fingerprint density at radius 1 is 1.38 bits per heavy atom. The third kappa shape index (κ3) is 4.10.